The number of carbonyl (C=O) groups is 2. The van der Waals surface area contributed by atoms with Gasteiger partial charge >= 0.3 is 5.97 Å². The summed E-state index contributed by atoms with van der Waals surface area (Å²) in [6.45, 7) is 4.88. The Morgan fingerprint density at radius 2 is 1.96 bits per heavy atom. The maximum atomic E-state index is 12.2. The van der Waals surface area contributed by atoms with Crippen molar-refractivity contribution in [2.75, 3.05) is 6.54 Å². The molecule has 0 amide bonds. The van der Waals surface area contributed by atoms with Crippen molar-refractivity contribution >= 4 is 11.8 Å². The fraction of sp³-hybridized carbons (Fsp3) is 0.636. The van der Waals surface area contributed by atoms with Crippen molar-refractivity contribution < 1.29 is 14.3 Å². The van der Waals surface area contributed by atoms with Crippen LogP contribution >= 0.6 is 0 Å². The molecule has 2 aliphatic rings. The summed E-state index contributed by atoms with van der Waals surface area (Å²) in [5.74, 6) is 0.0108. The summed E-state index contributed by atoms with van der Waals surface area (Å²) in [5.41, 5.74) is 7.70. The van der Waals surface area contributed by atoms with E-state index in [4.69, 9.17) is 10.5 Å². The van der Waals surface area contributed by atoms with E-state index in [1.807, 2.05) is 0 Å². The minimum atomic E-state index is -0.595. The van der Waals surface area contributed by atoms with Crippen molar-refractivity contribution in [3.63, 3.8) is 0 Å². The standard InChI is InChI=1S/C22H31NO3/c1-21(2,15-23)18-9-5-6-16(12-18)10-11-22(17-7-3-4-8-17)14-19(24)13-20(25)26-22/h5-6,9,12,17H,3-4,7-8,10-11,13-15,23H2,1-2H3. The van der Waals surface area contributed by atoms with E-state index in [-0.39, 0.29) is 23.6 Å². The quantitative estimate of drug-likeness (QED) is 0.623. The molecule has 1 aromatic carbocycles. The molecule has 1 saturated carbocycles. The molecule has 26 heavy (non-hydrogen) atoms. The number of hydrogen-bond acceptors (Lipinski definition) is 4. The fourth-order valence-electron chi connectivity index (χ4n) is 4.50. The van der Waals surface area contributed by atoms with E-state index in [1.54, 1.807) is 0 Å². The molecule has 1 aliphatic heterocycles. The zero-order chi connectivity index (χ0) is 18.8. The molecule has 1 heterocycles. The number of ether oxygens (including phenoxy) is 1. The minimum Gasteiger partial charge on any atom is -0.458 e. The molecule has 0 radical (unpaired) electrons. The fourth-order valence-corrected chi connectivity index (χ4v) is 4.50. The Morgan fingerprint density at radius 3 is 2.62 bits per heavy atom. The predicted molar refractivity (Wildman–Crippen MR) is 102 cm³/mol. The summed E-state index contributed by atoms with van der Waals surface area (Å²) in [5, 5.41) is 0. The van der Waals surface area contributed by atoms with Gasteiger partial charge in [-0.25, -0.2) is 0 Å². The van der Waals surface area contributed by atoms with Gasteiger partial charge in [-0.15, -0.1) is 0 Å². The predicted octanol–water partition coefficient (Wildman–Crippen LogP) is 3.69. The van der Waals surface area contributed by atoms with Gasteiger partial charge < -0.3 is 10.5 Å². The molecule has 4 heteroatoms. The van der Waals surface area contributed by atoms with Crippen LogP contribution < -0.4 is 5.73 Å². The first kappa shape index (κ1) is 19.1. The number of cyclic esters (lactones) is 1. The number of ketones is 1. The molecule has 4 nitrogen and oxygen atoms in total. The summed E-state index contributed by atoms with van der Waals surface area (Å²) in [6, 6.07) is 8.52. The first-order chi connectivity index (χ1) is 12.3. The lowest BCUT2D eigenvalue weighted by atomic mass is 9.75. The Labute approximate surface area is 156 Å². The molecule has 2 fully saturated rings. The Morgan fingerprint density at radius 1 is 1.23 bits per heavy atom. The molecule has 1 unspecified atom stereocenters. The van der Waals surface area contributed by atoms with Gasteiger partial charge in [0.15, 0.2) is 0 Å². The van der Waals surface area contributed by atoms with Crippen LogP contribution in [0.1, 0.15) is 69.9 Å². The molecule has 1 saturated heterocycles. The van der Waals surface area contributed by atoms with Crippen LogP contribution in [0.15, 0.2) is 24.3 Å². The third-order valence-corrected chi connectivity index (χ3v) is 6.31. The van der Waals surface area contributed by atoms with Crippen molar-refractivity contribution in [1.82, 2.24) is 0 Å². The maximum Gasteiger partial charge on any atom is 0.313 e. The van der Waals surface area contributed by atoms with Crippen LogP contribution in [0.2, 0.25) is 0 Å². The average Bonchev–Trinajstić information content (AvgIpc) is 3.15. The van der Waals surface area contributed by atoms with Crippen LogP contribution in [0, 0.1) is 5.92 Å². The van der Waals surface area contributed by atoms with Crippen LogP contribution in [0.5, 0.6) is 0 Å². The van der Waals surface area contributed by atoms with E-state index >= 15 is 0 Å². The van der Waals surface area contributed by atoms with Crippen LogP contribution in [-0.2, 0) is 26.2 Å². The van der Waals surface area contributed by atoms with Gasteiger partial charge in [0.25, 0.3) is 0 Å². The van der Waals surface area contributed by atoms with Gasteiger partial charge in [-0.2, -0.15) is 0 Å². The number of benzene rings is 1. The highest BCUT2D eigenvalue weighted by atomic mass is 16.6. The molecular formula is C22H31NO3. The summed E-state index contributed by atoms with van der Waals surface area (Å²) >= 11 is 0. The Hall–Kier alpha value is -1.68. The van der Waals surface area contributed by atoms with Gasteiger partial charge in [-0.05, 0) is 42.7 Å². The van der Waals surface area contributed by atoms with Crippen molar-refractivity contribution in [3.05, 3.63) is 35.4 Å². The second kappa shape index (κ2) is 7.51. The number of carbonyl (C=O) groups excluding carboxylic acids is 2. The van der Waals surface area contributed by atoms with E-state index in [0.717, 1.165) is 25.7 Å². The van der Waals surface area contributed by atoms with Crippen molar-refractivity contribution in [1.29, 1.82) is 0 Å². The van der Waals surface area contributed by atoms with Gasteiger partial charge in [-0.1, -0.05) is 51.0 Å². The molecule has 1 aliphatic carbocycles. The summed E-state index contributed by atoms with van der Waals surface area (Å²) in [7, 11) is 0. The first-order valence-electron chi connectivity index (χ1n) is 9.88. The van der Waals surface area contributed by atoms with Crippen molar-refractivity contribution in [3.8, 4) is 0 Å². The topological polar surface area (TPSA) is 69.4 Å². The zero-order valence-electron chi connectivity index (χ0n) is 16.1. The van der Waals surface area contributed by atoms with E-state index in [0.29, 0.717) is 18.9 Å². The molecule has 0 bridgehead atoms. The second-order valence-electron chi connectivity index (χ2n) is 8.70. The first-order valence-corrected chi connectivity index (χ1v) is 9.88. The van der Waals surface area contributed by atoms with Crippen molar-refractivity contribution in [2.45, 2.75) is 76.2 Å². The monoisotopic (exact) mass is 357 g/mol. The second-order valence-corrected chi connectivity index (χ2v) is 8.70. The number of rotatable bonds is 6. The lowest BCUT2D eigenvalue weighted by Gasteiger charge is -2.41. The summed E-state index contributed by atoms with van der Waals surface area (Å²) in [4.78, 5) is 24.2. The number of esters is 1. The van der Waals surface area contributed by atoms with Gasteiger partial charge in [0.2, 0.25) is 0 Å². The normalized spacial score (nSPS) is 24.7. The number of nitrogens with two attached hydrogens (primary N) is 1. The third-order valence-electron chi connectivity index (χ3n) is 6.31. The highest BCUT2D eigenvalue weighted by Gasteiger charge is 2.47. The molecule has 2 N–H and O–H groups in total. The van der Waals surface area contributed by atoms with E-state index < -0.39 is 5.60 Å². The molecule has 0 aromatic heterocycles. The molecule has 0 spiro atoms. The largest absolute Gasteiger partial charge is 0.458 e. The third kappa shape index (κ3) is 4.01. The summed E-state index contributed by atoms with van der Waals surface area (Å²) < 4.78 is 5.89. The van der Waals surface area contributed by atoms with Crippen LogP contribution in [-0.4, -0.2) is 23.9 Å². The molecular weight excluding hydrogens is 326 g/mol. The number of hydrogen-bond donors (Lipinski definition) is 1. The minimum absolute atomic E-state index is 0.0335. The van der Waals surface area contributed by atoms with Gasteiger partial charge in [0.1, 0.15) is 17.8 Å². The van der Waals surface area contributed by atoms with E-state index in [2.05, 4.69) is 38.1 Å². The Balaban J connectivity index is 1.79. The van der Waals surface area contributed by atoms with Crippen LogP contribution in [0.4, 0.5) is 0 Å². The van der Waals surface area contributed by atoms with Gasteiger partial charge in [0.05, 0.1) is 0 Å². The van der Waals surface area contributed by atoms with E-state index in [1.165, 1.54) is 24.0 Å². The smallest absolute Gasteiger partial charge is 0.313 e. The molecule has 3 rings (SSSR count). The van der Waals surface area contributed by atoms with Crippen LogP contribution in [0.25, 0.3) is 0 Å². The molecule has 142 valence electrons. The average molecular weight is 357 g/mol. The van der Waals surface area contributed by atoms with Gasteiger partial charge in [-0.3, -0.25) is 9.59 Å². The summed E-state index contributed by atoms with van der Waals surface area (Å²) in [6.07, 6.45) is 6.30. The maximum absolute atomic E-state index is 12.2. The Kier molecular flexibility index (Phi) is 5.52. The Bertz CT molecular complexity index is 658. The zero-order valence-corrected chi connectivity index (χ0v) is 16.1. The number of aryl methyl sites for hydroxylation is 1. The molecule has 1 aromatic rings. The van der Waals surface area contributed by atoms with E-state index in [9.17, 15) is 9.59 Å². The van der Waals surface area contributed by atoms with Gasteiger partial charge in [0, 0.05) is 18.4 Å². The molecule has 1 atom stereocenters. The number of Topliss-reactive ketones (excluding diaryl/α,β-unsaturated/α-hetero) is 1. The lowest BCUT2D eigenvalue weighted by Crippen LogP contribution is -2.48. The highest BCUT2D eigenvalue weighted by Crippen LogP contribution is 2.44. The lowest BCUT2D eigenvalue weighted by molar-refractivity contribution is -0.178. The highest BCUT2D eigenvalue weighted by molar-refractivity contribution is 5.98. The van der Waals surface area contributed by atoms with Crippen molar-refractivity contribution in [2.24, 2.45) is 11.7 Å². The van der Waals surface area contributed by atoms with Crippen LogP contribution in [0.3, 0.4) is 0 Å². The SMILES string of the molecule is CC(C)(CN)c1cccc(CCC2(C3CCCC3)CC(=O)CC(=O)O2)c1.